The lowest BCUT2D eigenvalue weighted by molar-refractivity contribution is -0.131. The van der Waals surface area contributed by atoms with Crippen LogP contribution < -0.4 is 20.1 Å². The highest BCUT2D eigenvalue weighted by atomic mass is 19.1. The summed E-state index contributed by atoms with van der Waals surface area (Å²) in [5.74, 6) is -0.0170. The van der Waals surface area contributed by atoms with E-state index in [2.05, 4.69) is 16.0 Å². The van der Waals surface area contributed by atoms with Crippen molar-refractivity contribution < 1.29 is 18.7 Å². The zero-order chi connectivity index (χ0) is 24.2. The minimum atomic E-state index is -0.665. The van der Waals surface area contributed by atoms with Gasteiger partial charge in [-0.15, -0.1) is 0 Å². The fourth-order valence-electron chi connectivity index (χ4n) is 4.04. The van der Waals surface area contributed by atoms with E-state index >= 15 is 4.39 Å². The molecule has 10 heteroatoms. The second-order valence-electron chi connectivity index (χ2n) is 7.91. The molecule has 1 aromatic heterocycles. The van der Waals surface area contributed by atoms with Crippen LogP contribution in [-0.4, -0.2) is 61.2 Å². The molecule has 176 valence electrons. The average molecular weight is 465 g/mol. The van der Waals surface area contributed by atoms with E-state index in [0.717, 1.165) is 5.56 Å². The highest BCUT2D eigenvalue weighted by Crippen LogP contribution is 2.37. The highest BCUT2D eigenvalue weighted by molar-refractivity contribution is 5.92. The van der Waals surface area contributed by atoms with Gasteiger partial charge in [0, 0.05) is 38.0 Å². The largest absolute Gasteiger partial charge is 0.493 e. The van der Waals surface area contributed by atoms with Gasteiger partial charge in [0.05, 0.1) is 25.9 Å². The Kier molecular flexibility index (Phi) is 6.63. The van der Waals surface area contributed by atoms with E-state index in [9.17, 15) is 4.79 Å². The van der Waals surface area contributed by atoms with E-state index in [-0.39, 0.29) is 28.7 Å². The summed E-state index contributed by atoms with van der Waals surface area (Å²) in [6, 6.07) is 10.9. The number of hydrogen-bond acceptors (Lipinski definition) is 8. The Balaban J connectivity index is 1.44. The average Bonchev–Trinajstić information content (AvgIpc) is 2.87. The molecule has 34 heavy (non-hydrogen) atoms. The first kappa shape index (κ1) is 23.0. The van der Waals surface area contributed by atoms with E-state index in [1.807, 2.05) is 17.0 Å². The Hall–Kier alpha value is -4.13. The number of hydrogen-bond donors (Lipinski definition) is 1. The molecule has 0 aliphatic carbocycles. The molecule has 1 aliphatic heterocycles. The standard InChI is InChI=1S/C24H25FN6O3/c1-33-18-13-17-21(20(25)22(18)34-2)28-24(29-23(17)27)31-10-8-30(9-11-31)19(32)7-6-15-4-3-5-16(12-15)14-26/h3-5,12-13H,6-11H2,1-2H3,(H2,27,28,29). The summed E-state index contributed by atoms with van der Waals surface area (Å²) >= 11 is 0. The Morgan fingerprint density at radius 2 is 1.94 bits per heavy atom. The fourth-order valence-corrected chi connectivity index (χ4v) is 4.04. The molecule has 1 amide bonds. The van der Waals surface area contributed by atoms with Gasteiger partial charge in [-0.3, -0.25) is 4.79 Å². The number of nitriles is 1. The fraction of sp³-hybridized carbons (Fsp3) is 0.333. The summed E-state index contributed by atoms with van der Waals surface area (Å²) in [6.07, 6.45) is 0.935. The van der Waals surface area contributed by atoms with Crippen LogP contribution in [0.1, 0.15) is 17.5 Å². The third-order valence-corrected chi connectivity index (χ3v) is 5.89. The lowest BCUT2D eigenvalue weighted by Crippen LogP contribution is -2.49. The number of halogens is 1. The molecule has 2 heterocycles. The van der Waals surface area contributed by atoms with Crippen LogP contribution in [0.15, 0.2) is 30.3 Å². The molecule has 3 aromatic rings. The second-order valence-corrected chi connectivity index (χ2v) is 7.91. The number of fused-ring (bicyclic) bond motifs is 1. The van der Waals surface area contributed by atoms with Crippen LogP contribution >= 0.6 is 0 Å². The number of carbonyl (C=O) groups excluding carboxylic acids is 1. The van der Waals surface area contributed by atoms with Crippen molar-refractivity contribution in [1.29, 1.82) is 5.26 Å². The number of piperazine rings is 1. The Morgan fingerprint density at radius 1 is 1.18 bits per heavy atom. The van der Waals surface area contributed by atoms with Gasteiger partial charge in [-0.05, 0) is 30.2 Å². The van der Waals surface area contributed by atoms with Crippen molar-refractivity contribution in [2.45, 2.75) is 12.8 Å². The molecule has 1 aliphatic rings. The van der Waals surface area contributed by atoms with Crippen molar-refractivity contribution in [2.24, 2.45) is 0 Å². The molecule has 0 unspecified atom stereocenters. The molecule has 0 spiro atoms. The van der Waals surface area contributed by atoms with Crippen LogP contribution in [0.2, 0.25) is 0 Å². The van der Waals surface area contributed by atoms with Gasteiger partial charge in [0.2, 0.25) is 11.9 Å². The van der Waals surface area contributed by atoms with E-state index in [1.165, 1.54) is 14.2 Å². The predicted molar refractivity (Wildman–Crippen MR) is 125 cm³/mol. The third-order valence-electron chi connectivity index (χ3n) is 5.89. The smallest absolute Gasteiger partial charge is 0.228 e. The highest BCUT2D eigenvalue weighted by Gasteiger charge is 2.25. The minimum absolute atomic E-state index is 0.0452. The molecule has 1 saturated heterocycles. The maximum Gasteiger partial charge on any atom is 0.228 e. The number of methoxy groups -OCH3 is 2. The number of nitrogens with two attached hydrogens (primary N) is 1. The van der Waals surface area contributed by atoms with Crippen LogP contribution in [0.4, 0.5) is 16.2 Å². The Morgan fingerprint density at radius 3 is 2.62 bits per heavy atom. The molecular formula is C24H25FN6O3. The molecule has 4 rings (SSSR count). The van der Waals surface area contributed by atoms with Gasteiger partial charge in [-0.1, -0.05) is 12.1 Å². The summed E-state index contributed by atoms with van der Waals surface area (Å²) in [6.45, 7) is 1.98. The number of amides is 1. The number of nitrogen functional groups attached to an aromatic ring is 1. The number of aryl methyl sites for hydroxylation is 1. The van der Waals surface area contributed by atoms with E-state index in [0.29, 0.717) is 55.9 Å². The van der Waals surface area contributed by atoms with E-state index in [1.54, 1.807) is 23.1 Å². The monoisotopic (exact) mass is 464 g/mol. The van der Waals surface area contributed by atoms with Crippen LogP contribution in [-0.2, 0) is 11.2 Å². The quantitative estimate of drug-likeness (QED) is 0.591. The maximum absolute atomic E-state index is 15.0. The van der Waals surface area contributed by atoms with Crippen LogP contribution in [0.25, 0.3) is 10.9 Å². The van der Waals surface area contributed by atoms with Gasteiger partial charge in [-0.25, -0.2) is 9.37 Å². The zero-order valence-corrected chi connectivity index (χ0v) is 19.0. The first-order valence-corrected chi connectivity index (χ1v) is 10.8. The maximum atomic E-state index is 15.0. The molecule has 0 radical (unpaired) electrons. The molecule has 0 bridgehead atoms. The number of anilines is 2. The van der Waals surface area contributed by atoms with Crippen molar-refractivity contribution >= 4 is 28.6 Å². The molecular weight excluding hydrogens is 439 g/mol. The molecule has 0 atom stereocenters. The topological polar surface area (TPSA) is 118 Å². The summed E-state index contributed by atoms with van der Waals surface area (Å²) < 4.78 is 25.4. The third kappa shape index (κ3) is 4.50. The molecule has 1 fully saturated rings. The zero-order valence-electron chi connectivity index (χ0n) is 19.0. The number of nitrogens with zero attached hydrogens (tertiary/aromatic N) is 5. The lowest BCUT2D eigenvalue weighted by Gasteiger charge is -2.35. The number of aromatic nitrogens is 2. The van der Waals surface area contributed by atoms with E-state index in [4.69, 9.17) is 20.5 Å². The Labute approximate surface area is 196 Å². The van der Waals surface area contributed by atoms with Crippen LogP contribution in [0.3, 0.4) is 0 Å². The minimum Gasteiger partial charge on any atom is -0.493 e. The first-order valence-electron chi connectivity index (χ1n) is 10.8. The summed E-state index contributed by atoms with van der Waals surface area (Å²) in [5.41, 5.74) is 7.71. The van der Waals surface area contributed by atoms with Gasteiger partial charge in [0.1, 0.15) is 11.3 Å². The van der Waals surface area contributed by atoms with Crippen LogP contribution in [0, 0.1) is 17.1 Å². The van der Waals surface area contributed by atoms with Gasteiger partial charge in [-0.2, -0.15) is 10.2 Å². The van der Waals surface area contributed by atoms with Gasteiger partial charge in [0.25, 0.3) is 0 Å². The van der Waals surface area contributed by atoms with Gasteiger partial charge >= 0.3 is 0 Å². The molecule has 9 nitrogen and oxygen atoms in total. The van der Waals surface area contributed by atoms with E-state index < -0.39 is 5.82 Å². The van der Waals surface area contributed by atoms with Crippen molar-refractivity contribution in [3.63, 3.8) is 0 Å². The number of ether oxygens (including phenoxy) is 2. The molecule has 0 saturated carbocycles. The predicted octanol–water partition coefficient (Wildman–Crippen LogP) is 2.52. The molecule has 2 N–H and O–H groups in total. The Bertz CT molecular complexity index is 1270. The van der Waals surface area contributed by atoms with Gasteiger partial charge in [0.15, 0.2) is 17.3 Å². The van der Waals surface area contributed by atoms with Crippen molar-refractivity contribution in [3.8, 4) is 17.6 Å². The van der Waals surface area contributed by atoms with Crippen molar-refractivity contribution in [3.05, 3.63) is 47.3 Å². The summed E-state index contributed by atoms with van der Waals surface area (Å²) in [4.78, 5) is 25.1. The molecule has 2 aromatic carbocycles. The number of carbonyl (C=O) groups is 1. The first-order chi connectivity index (χ1) is 16.4. The summed E-state index contributed by atoms with van der Waals surface area (Å²) in [7, 11) is 2.77. The van der Waals surface area contributed by atoms with Gasteiger partial charge < -0.3 is 25.0 Å². The SMILES string of the molecule is COc1cc2c(N)nc(N3CCN(C(=O)CCc4cccc(C#N)c4)CC3)nc2c(F)c1OC. The van der Waals surface area contributed by atoms with Crippen molar-refractivity contribution in [2.75, 3.05) is 51.0 Å². The second kappa shape index (κ2) is 9.79. The number of rotatable bonds is 6. The van der Waals surface area contributed by atoms with Crippen molar-refractivity contribution in [1.82, 2.24) is 14.9 Å². The lowest BCUT2D eigenvalue weighted by atomic mass is 10.1. The van der Waals surface area contributed by atoms with Crippen LogP contribution in [0.5, 0.6) is 11.5 Å². The number of benzene rings is 2. The normalized spacial score (nSPS) is 13.6. The summed E-state index contributed by atoms with van der Waals surface area (Å²) in [5, 5.41) is 9.36.